The highest BCUT2D eigenvalue weighted by atomic mass is 32.2. The topological polar surface area (TPSA) is 112 Å². The van der Waals surface area contributed by atoms with Crippen molar-refractivity contribution in [1.29, 1.82) is 0 Å². The first-order chi connectivity index (χ1) is 12.0. The van der Waals surface area contributed by atoms with Gasteiger partial charge in [-0.1, -0.05) is 0 Å². The van der Waals surface area contributed by atoms with Gasteiger partial charge in [-0.25, -0.2) is 4.79 Å². The predicted octanol–water partition coefficient (Wildman–Crippen LogP) is 0.710. The maximum Gasteiger partial charge on any atom is 0.325 e. The zero-order chi connectivity index (χ0) is 18.2. The van der Waals surface area contributed by atoms with Crippen LogP contribution in [0.3, 0.4) is 0 Å². The van der Waals surface area contributed by atoms with E-state index in [-0.39, 0.29) is 43.8 Å². The van der Waals surface area contributed by atoms with Gasteiger partial charge in [0.15, 0.2) is 0 Å². The molecule has 0 spiro atoms. The smallest absolute Gasteiger partial charge is 0.325 e. The van der Waals surface area contributed by atoms with Gasteiger partial charge in [0.25, 0.3) is 5.91 Å². The lowest BCUT2D eigenvalue weighted by Gasteiger charge is -2.16. The SMILES string of the molecule is CSCC[C@@H](CO)NC(=O)CC[C@H]1NC(=O)N(Cc2ccco2)C1=O. The second kappa shape index (κ2) is 9.47. The number of nitrogens with zero attached hydrogens (tertiary/aromatic N) is 1. The molecule has 0 bridgehead atoms. The maximum absolute atomic E-state index is 12.3. The van der Waals surface area contributed by atoms with E-state index in [1.165, 1.54) is 6.26 Å². The van der Waals surface area contributed by atoms with E-state index in [4.69, 9.17) is 4.42 Å². The summed E-state index contributed by atoms with van der Waals surface area (Å²) in [5.41, 5.74) is 0. The first kappa shape index (κ1) is 19.3. The van der Waals surface area contributed by atoms with Gasteiger partial charge in [-0.05, 0) is 37.0 Å². The van der Waals surface area contributed by atoms with Crippen LogP contribution in [0.4, 0.5) is 4.79 Å². The van der Waals surface area contributed by atoms with Gasteiger partial charge in [-0.3, -0.25) is 14.5 Å². The Kier molecular flexibility index (Phi) is 7.32. The summed E-state index contributed by atoms with van der Waals surface area (Å²) in [5, 5.41) is 14.6. The molecule has 1 aliphatic heterocycles. The molecule has 3 N–H and O–H groups in total. The first-order valence-corrected chi connectivity index (χ1v) is 9.48. The second-order valence-corrected chi connectivity index (χ2v) is 6.76. The highest BCUT2D eigenvalue weighted by Gasteiger charge is 2.38. The molecule has 0 saturated carbocycles. The molecule has 138 valence electrons. The van der Waals surface area contributed by atoms with Crippen molar-refractivity contribution in [2.45, 2.75) is 37.9 Å². The first-order valence-electron chi connectivity index (χ1n) is 8.08. The Labute approximate surface area is 150 Å². The van der Waals surface area contributed by atoms with Crippen LogP contribution in [0, 0.1) is 0 Å². The lowest BCUT2D eigenvalue weighted by atomic mass is 10.1. The van der Waals surface area contributed by atoms with Crippen molar-refractivity contribution in [3.8, 4) is 0 Å². The van der Waals surface area contributed by atoms with Gasteiger partial charge in [-0.15, -0.1) is 0 Å². The average Bonchev–Trinajstić information content (AvgIpc) is 3.20. The molecule has 25 heavy (non-hydrogen) atoms. The maximum atomic E-state index is 12.3. The second-order valence-electron chi connectivity index (χ2n) is 5.77. The van der Waals surface area contributed by atoms with E-state index >= 15 is 0 Å². The molecule has 4 amide bonds. The van der Waals surface area contributed by atoms with Crippen molar-refractivity contribution >= 4 is 29.6 Å². The van der Waals surface area contributed by atoms with Crippen LogP contribution in [0.15, 0.2) is 22.8 Å². The minimum atomic E-state index is -0.716. The van der Waals surface area contributed by atoms with Crippen molar-refractivity contribution in [2.75, 3.05) is 18.6 Å². The van der Waals surface area contributed by atoms with Gasteiger partial charge in [-0.2, -0.15) is 11.8 Å². The molecule has 2 atom stereocenters. The molecule has 1 saturated heterocycles. The third kappa shape index (κ3) is 5.50. The number of furan rings is 1. The Hall–Kier alpha value is -2.00. The largest absolute Gasteiger partial charge is 0.467 e. The number of rotatable bonds is 10. The number of aliphatic hydroxyl groups is 1. The Morgan fingerprint density at radius 1 is 1.52 bits per heavy atom. The summed E-state index contributed by atoms with van der Waals surface area (Å²) in [5.74, 6) is 0.744. The number of amides is 4. The van der Waals surface area contributed by atoms with Crippen LogP contribution in [0.1, 0.15) is 25.0 Å². The molecule has 9 heteroatoms. The highest BCUT2D eigenvalue weighted by Crippen LogP contribution is 2.15. The number of urea groups is 1. The molecule has 0 aromatic carbocycles. The Morgan fingerprint density at radius 2 is 2.32 bits per heavy atom. The van der Waals surface area contributed by atoms with Gasteiger partial charge < -0.3 is 20.2 Å². The number of aliphatic hydroxyl groups excluding tert-OH is 1. The molecule has 8 nitrogen and oxygen atoms in total. The van der Waals surface area contributed by atoms with Crippen molar-refractivity contribution in [3.05, 3.63) is 24.2 Å². The molecule has 0 unspecified atom stereocenters. The Morgan fingerprint density at radius 3 is 2.96 bits per heavy atom. The molecule has 1 aromatic rings. The molecular weight excluding hydrogens is 346 g/mol. The Bertz CT molecular complexity index is 593. The number of imide groups is 1. The van der Waals surface area contributed by atoms with Crippen LogP contribution in [-0.4, -0.2) is 58.6 Å². The van der Waals surface area contributed by atoms with Crippen molar-refractivity contribution in [2.24, 2.45) is 0 Å². The van der Waals surface area contributed by atoms with E-state index in [0.717, 1.165) is 10.7 Å². The predicted molar refractivity (Wildman–Crippen MR) is 92.8 cm³/mol. The van der Waals surface area contributed by atoms with Crippen LogP contribution in [0.2, 0.25) is 0 Å². The van der Waals surface area contributed by atoms with E-state index in [2.05, 4.69) is 10.6 Å². The monoisotopic (exact) mass is 369 g/mol. The molecule has 1 fully saturated rings. The fourth-order valence-corrected chi connectivity index (χ4v) is 3.05. The van der Waals surface area contributed by atoms with Gasteiger partial charge in [0.1, 0.15) is 11.8 Å². The van der Waals surface area contributed by atoms with Gasteiger partial charge in [0.05, 0.1) is 25.5 Å². The molecule has 1 aliphatic rings. The molecular formula is C16H23N3O5S. The number of thioether (sulfide) groups is 1. The number of nitrogens with one attached hydrogen (secondary N) is 2. The number of hydrogen-bond donors (Lipinski definition) is 3. The third-order valence-electron chi connectivity index (χ3n) is 3.92. The summed E-state index contributed by atoms with van der Waals surface area (Å²) in [7, 11) is 0. The Balaban J connectivity index is 1.79. The zero-order valence-corrected chi connectivity index (χ0v) is 14.9. The summed E-state index contributed by atoms with van der Waals surface area (Å²) in [6.07, 6.45) is 4.43. The van der Waals surface area contributed by atoms with Crippen molar-refractivity contribution in [1.82, 2.24) is 15.5 Å². The number of carbonyl (C=O) groups excluding carboxylic acids is 3. The van der Waals surface area contributed by atoms with Gasteiger partial charge >= 0.3 is 6.03 Å². The summed E-state index contributed by atoms with van der Waals surface area (Å²) in [6.45, 7) is -0.0516. The molecule has 0 aliphatic carbocycles. The quantitative estimate of drug-likeness (QED) is 0.524. The number of carbonyl (C=O) groups is 3. The standard InChI is InChI=1S/C16H23N3O5S/c1-25-8-6-11(10-20)17-14(21)5-4-13-15(22)19(16(23)18-13)9-12-3-2-7-24-12/h2-3,7,11,13,20H,4-6,8-10H2,1H3,(H,17,21)(H,18,23)/t11-,13+/m0/s1. The van der Waals surface area contributed by atoms with E-state index in [1.54, 1.807) is 23.9 Å². The third-order valence-corrected chi connectivity index (χ3v) is 4.56. The molecule has 2 heterocycles. The van der Waals surface area contributed by atoms with E-state index in [9.17, 15) is 19.5 Å². The van der Waals surface area contributed by atoms with Crippen LogP contribution >= 0.6 is 11.8 Å². The van der Waals surface area contributed by atoms with Crippen LogP contribution in [-0.2, 0) is 16.1 Å². The molecule has 1 aromatic heterocycles. The molecule has 2 rings (SSSR count). The number of hydrogen-bond acceptors (Lipinski definition) is 6. The van der Waals surface area contributed by atoms with Gasteiger partial charge in [0, 0.05) is 6.42 Å². The minimum Gasteiger partial charge on any atom is -0.467 e. The highest BCUT2D eigenvalue weighted by molar-refractivity contribution is 7.98. The zero-order valence-electron chi connectivity index (χ0n) is 14.1. The molecule has 0 radical (unpaired) electrons. The fraction of sp³-hybridized carbons (Fsp3) is 0.562. The summed E-state index contributed by atoms with van der Waals surface area (Å²) >= 11 is 1.64. The van der Waals surface area contributed by atoms with E-state index in [1.807, 2.05) is 6.26 Å². The average molecular weight is 369 g/mol. The lowest BCUT2D eigenvalue weighted by molar-refractivity contribution is -0.128. The normalized spacial score (nSPS) is 18.3. The minimum absolute atomic E-state index is 0.0711. The summed E-state index contributed by atoms with van der Waals surface area (Å²) in [6, 6.07) is 1.88. The summed E-state index contributed by atoms with van der Waals surface area (Å²) in [4.78, 5) is 37.3. The van der Waals surface area contributed by atoms with Gasteiger partial charge in [0.2, 0.25) is 5.91 Å². The fourth-order valence-electron chi connectivity index (χ4n) is 2.53. The van der Waals surface area contributed by atoms with Crippen LogP contribution < -0.4 is 10.6 Å². The van der Waals surface area contributed by atoms with Crippen molar-refractivity contribution < 1.29 is 23.9 Å². The van der Waals surface area contributed by atoms with Crippen LogP contribution in [0.5, 0.6) is 0 Å². The summed E-state index contributed by atoms with van der Waals surface area (Å²) < 4.78 is 5.15. The van der Waals surface area contributed by atoms with E-state index < -0.39 is 12.1 Å². The van der Waals surface area contributed by atoms with Crippen molar-refractivity contribution in [3.63, 3.8) is 0 Å². The van der Waals surface area contributed by atoms with E-state index in [0.29, 0.717) is 12.2 Å². The lowest BCUT2D eigenvalue weighted by Crippen LogP contribution is -2.39. The van der Waals surface area contributed by atoms with Crippen LogP contribution in [0.25, 0.3) is 0 Å².